The number of ketones is 1. The quantitative estimate of drug-likeness (QED) is 0.195. The Labute approximate surface area is 197 Å². The van der Waals surface area contributed by atoms with Crippen LogP contribution in [0.15, 0.2) is 42.5 Å². The second-order valence-corrected chi connectivity index (χ2v) is 9.83. The molecule has 0 amide bonds. The Hall–Kier alpha value is -3.08. The van der Waals surface area contributed by atoms with Gasteiger partial charge < -0.3 is 14.2 Å². The highest BCUT2D eigenvalue weighted by atomic mass is 16.5. The SMILES string of the molecule is CCOc1ccc(C(C)(C)C)c(OCC)c1/C=C/C(=O)c1ccc(OC(=O)C(C)(C)C)cc1. The summed E-state index contributed by atoms with van der Waals surface area (Å²) in [6, 6.07) is 10.5. The summed E-state index contributed by atoms with van der Waals surface area (Å²) < 4.78 is 17.2. The third-order valence-corrected chi connectivity index (χ3v) is 4.92. The van der Waals surface area contributed by atoms with E-state index in [4.69, 9.17) is 14.2 Å². The molecule has 33 heavy (non-hydrogen) atoms. The molecule has 0 aliphatic carbocycles. The van der Waals surface area contributed by atoms with E-state index >= 15 is 0 Å². The van der Waals surface area contributed by atoms with Crippen molar-refractivity contribution in [3.63, 3.8) is 0 Å². The van der Waals surface area contributed by atoms with Crippen LogP contribution < -0.4 is 14.2 Å². The molecule has 0 atom stereocenters. The van der Waals surface area contributed by atoms with E-state index in [1.54, 1.807) is 51.1 Å². The molecule has 0 aliphatic rings. The summed E-state index contributed by atoms with van der Waals surface area (Å²) in [6.45, 7) is 16.6. The highest BCUT2D eigenvalue weighted by Gasteiger charge is 2.24. The van der Waals surface area contributed by atoms with Gasteiger partial charge in [-0.1, -0.05) is 26.8 Å². The van der Waals surface area contributed by atoms with E-state index in [2.05, 4.69) is 20.8 Å². The Morgan fingerprint density at radius 2 is 1.45 bits per heavy atom. The molecule has 0 radical (unpaired) electrons. The van der Waals surface area contributed by atoms with E-state index in [9.17, 15) is 9.59 Å². The summed E-state index contributed by atoms with van der Waals surface area (Å²) in [7, 11) is 0. The zero-order valence-electron chi connectivity index (χ0n) is 21.1. The lowest BCUT2D eigenvalue weighted by Crippen LogP contribution is -2.25. The van der Waals surface area contributed by atoms with Gasteiger partial charge in [0.1, 0.15) is 17.2 Å². The van der Waals surface area contributed by atoms with Gasteiger partial charge in [-0.15, -0.1) is 0 Å². The Morgan fingerprint density at radius 3 is 1.97 bits per heavy atom. The van der Waals surface area contributed by atoms with Crippen LogP contribution in [0.3, 0.4) is 0 Å². The van der Waals surface area contributed by atoms with Crippen molar-refractivity contribution >= 4 is 17.8 Å². The summed E-state index contributed by atoms with van der Waals surface area (Å²) in [5.74, 6) is 1.30. The Morgan fingerprint density at radius 1 is 0.848 bits per heavy atom. The fourth-order valence-corrected chi connectivity index (χ4v) is 3.11. The fraction of sp³-hybridized carbons (Fsp3) is 0.429. The Bertz CT molecular complexity index is 1000. The van der Waals surface area contributed by atoms with Crippen LogP contribution in [0, 0.1) is 5.41 Å². The molecular formula is C28H36O5. The molecule has 0 heterocycles. The van der Waals surface area contributed by atoms with Gasteiger partial charge in [0.2, 0.25) is 0 Å². The summed E-state index contributed by atoms with van der Waals surface area (Å²) in [5.41, 5.74) is 1.54. The summed E-state index contributed by atoms with van der Waals surface area (Å²) >= 11 is 0. The zero-order chi connectivity index (χ0) is 24.8. The maximum absolute atomic E-state index is 12.9. The van der Waals surface area contributed by atoms with Crippen LogP contribution in [0.5, 0.6) is 17.2 Å². The van der Waals surface area contributed by atoms with Crippen molar-refractivity contribution in [1.29, 1.82) is 0 Å². The molecule has 0 saturated carbocycles. The van der Waals surface area contributed by atoms with Gasteiger partial charge in [-0.05, 0) is 82.5 Å². The molecule has 0 unspecified atom stereocenters. The lowest BCUT2D eigenvalue weighted by atomic mass is 9.84. The molecule has 0 saturated heterocycles. The van der Waals surface area contributed by atoms with Gasteiger partial charge in [-0.25, -0.2) is 0 Å². The molecule has 5 heteroatoms. The van der Waals surface area contributed by atoms with E-state index in [1.165, 1.54) is 6.08 Å². The molecule has 0 bridgehead atoms. The van der Waals surface area contributed by atoms with Crippen molar-refractivity contribution in [3.8, 4) is 17.2 Å². The van der Waals surface area contributed by atoms with E-state index < -0.39 is 5.41 Å². The monoisotopic (exact) mass is 452 g/mol. The first-order valence-corrected chi connectivity index (χ1v) is 11.4. The smallest absolute Gasteiger partial charge is 0.316 e. The van der Waals surface area contributed by atoms with Crippen molar-refractivity contribution in [1.82, 2.24) is 0 Å². The topological polar surface area (TPSA) is 61.8 Å². The van der Waals surface area contributed by atoms with Gasteiger partial charge in [0.05, 0.1) is 24.2 Å². The van der Waals surface area contributed by atoms with Gasteiger partial charge in [-0.2, -0.15) is 0 Å². The van der Waals surface area contributed by atoms with Gasteiger partial charge in [0.15, 0.2) is 5.78 Å². The summed E-state index contributed by atoms with van der Waals surface area (Å²) in [5, 5.41) is 0. The number of carbonyl (C=O) groups is 2. The average molecular weight is 453 g/mol. The highest BCUT2D eigenvalue weighted by Crippen LogP contribution is 2.40. The largest absolute Gasteiger partial charge is 0.493 e. The minimum Gasteiger partial charge on any atom is -0.493 e. The molecule has 2 rings (SSSR count). The lowest BCUT2D eigenvalue weighted by molar-refractivity contribution is -0.143. The van der Waals surface area contributed by atoms with Crippen molar-refractivity contribution in [2.45, 2.75) is 60.8 Å². The number of hydrogen-bond donors (Lipinski definition) is 0. The van der Waals surface area contributed by atoms with Crippen LogP contribution in [-0.4, -0.2) is 25.0 Å². The second kappa shape index (κ2) is 10.7. The molecule has 0 spiro atoms. The second-order valence-electron chi connectivity index (χ2n) is 9.83. The molecule has 2 aromatic rings. The summed E-state index contributed by atoms with van der Waals surface area (Å²) in [4.78, 5) is 24.9. The Balaban J connectivity index is 2.35. The van der Waals surface area contributed by atoms with Crippen molar-refractivity contribution in [2.24, 2.45) is 5.41 Å². The number of esters is 1. The van der Waals surface area contributed by atoms with Crippen molar-refractivity contribution in [2.75, 3.05) is 13.2 Å². The Kier molecular flexibility index (Phi) is 8.48. The van der Waals surface area contributed by atoms with Crippen LogP contribution in [0.1, 0.15) is 76.9 Å². The predicted molar refractivity (Wildman–Crippen MR) is 132 cm³/mol. The van der Waals surface area contributed by atoms with E-state index in [0.29, 0.717) is 30.3 Å². The normalized spacial score (nSPS) is 12.0. The summed E-state index contributed by atoms with van der Waals surface area (Å²) in [6.07, 6.45) is 3.27. The molecular weight excluding hydrogens is 416 g/mol. The van der Waals surface area contributed by atoms with E-state index in [1.807, 2.05) is 26.0 Å². The van der Waals surface area contributed by atoms with Gasteiger partial charge in [-0.3, -0.25) is 9.59 Å². The molecule has 178 valence electrons. The highest BCUT2D eigenvalue weighted by molar-refractivity contribution is 6.07. The van der Waals surface area contributed by atoms with Crippen molar-refractivity contribution in [3.05, 3.63) is 59.2 Å². The molecule has 0 aromatic heterocycles. The number of rotatable bonds is 8. The van der Waals surface area contributed by atoms with Crippen LogP contribution in [0.2, 0.25) is 0 Å². The molecule has 2 aromatic carbocycles. The maximum Gasteiger partial charge on any atom is 0.316 e. The number of ether oxygens (including phenoxy) is 3. The third-order valence-electron chi connectivity index (χ3n) is 4.92. The van der Waals surface area contributed by atoms with Crippen LogP contribution in [0.25, 0.3) is 6.08 Å². The first kappa shape index (κ1) is 26.2. The number of allylic oxidation sites excluding steroid dienone is 1. The van der Waals surface area contributed by atoms with Gasteiger partial charge in [0.25, 0.3) is 0 Å². The van der Waals surface area contributed by atoms with Crippen LogP contribution in [-0.2, 0) is 10.2 Å². The predicted octanol–water partition coefficient (Wildman–Crippen LogP) is 6.63. The van der Waals surface area contributed by atoms with Crippen LogP contribution in [0.4, 0.5) is 0 Å². The molecule has 0 aliphatic heterocycles. The number of hydrogen-bond acceptors (Lipinski definition) is 5. The zero-order valence-corrected chi connectivity index (χ0v) is 21.1. The lowest BCUT2D eigenvalue weighted by Gasteiger charge is -2.25. The standard InChI is InChI=1S/C28H36O5/c1-9-31-24-18-16-22(27(3,4)5)25(32-10-2)21(24)15-17-23(29)19-11-13-20(14-12-19)33-26(30)28(6,7)8/h11-18H,9-10H2,1-8H3/b17-15+. The first-order chi connectivity index (χ1) is 15.4. The third kappa shape index (κ3) is 6.95. The van der Waals surface area contributed by atoms with Crippen LogP contribution >= 0.6 is 0 Å². The fourth-order valence-electron chi connectivity index (χ4n) is 3.11. The van der Waals surface area contributed by atoms with Gasteiger partial charge in [0, 0.05) is 11.1 Å². The number of carbonyl (C=O) groups excluding carboxylic acids is 2. The maximum atomic E-state index is 12.9. The first-order valence-electron chi connectivity index (χ1n) is 11.4. The number of benzene rings is 2. The van der Waals surface area contributed by atoms with Gasteiger partial charge >= 0.3 is 5.97 Å². The molecule has 0 fully saturated rings. The van der Waals surface area contributed by atoms with E-state index in [-0.39, 0.29) is 17.2 Å². The molecule has 0 N–H and O–H groups in total. The van der Waals surface area contributed by atoms with Crippen molar-refractivity contribution < 1.29 is 23.8 Å². The minimum atomic E-state index is -0.602. The molecule has 5 nitrogen and oxygen atoms in total. The minimum absolute atomic E-state index is 0.137. The average Bonchev–Trinajstić information content (AvgIpc) is 2.72. The van der Waals surface area contributed by atoms with E-state index in [0.717, 1.165) is 16.9 Å².